The highest BCUT2D eigenvalue weighted by atomic mass is 19.4. The Kier molecular flexibility index (Phi) is 5.55. The van der Waals surface area contributed by atoms with E-state index in [-0.39, 0.29) is 11.6 Å². The molecule has 3 amide bonds. The van der Waals surface area contributed by atoms with Crippen LogP contribution in [0, 0.1) is 11.3 Å². The maximum atomic E-state index is 12.9. The van der Waals surface area contributed by atoms with Gasteiger partial charge in [0.2, 0.25) is 5.91 Å². The van der Waals surface area contributed by atoms with Crippen molar-refractivity contribution in [3.05, 3.63) is 59.7 Å². The summed E-state index contributed by atoms with van der Waals surface area (Å²) < 4.78 is 38.0. The number of carbonyl (C=O) groups is 2. The molecule has 1 saturated heterocycles. The van der Waals surface area contributed by atoms with Gasteiger partial charge in [-0.05, 0) is 67.6 Å². The van der Waals surface area contributed by atoms with E-state index in [1.165, 1.54) is 0 Å². The van der Waals surface area contributed by atoms with Crippen molar-refractivity contribution in [2.75, 3.05) is 16.8 Å². The minimum atomic E-state index is -4.45. The van der Waals surface area contributed by atoms with Crippen molar-refractivity contribution in [2.45, 2.75) is 43.3 Å². The van der Waals surface area contributed by atoms with E-state index in [9.17, 15) is 28.0 Å². The van der Waals surface area contributed by atoms with Crippen molar-refractivity contribution < 1.29 is 22.8 Å². The molecule has 2 aromatic carbocycles. The van der Waals surface area contributed by atoms with Gasteiger partial charge in [0.05, 0.1) is 17.0 Å². The average molecular weight is 442 g/mol. The first-order valence-corrected chi connectivity index (χ1v) is 10.3. The van der Waals surface area contributed by atoms with Crippen LogP contribution >= 0.6 is 0 Å². The maximum Gasteiger partial charge on any atom is 0.416 e. The lowest BCUT2D eigenvalue weighted by molar-refractivity contribution is -0.137. The predicted molar refractivity (Wildman–Crippen MR) is 112 cm³/mol. The second-order valence-corrected chi connectivity index (χ2v) is 8.10. The molecule has 6 nitrogen and oxygen atoms in total. The lowest BCUT2D eigenvalue weighted by Gasteiger charge is -2.32. The van der Waals surface area contributed by atoms with Crippen LogP contribution in [-0.2, 0) is 16.4 Å². The number of anilines is 2. The van der Waals surface area contributed by atoms with E-state index in [1.54, 1.807) is 4.90 Å². The molecule has 0 bridgehead atoms. The minimum Gasteiger partial charge on any atom is -0.326 e. The summed E-state index contributed by atoms with van der Waals surface area (Å²) in [6, 6.07) is 12.4. The number of nitrogens with one attached hydrogen (secondary N) is 2. The molecule has 0 radical (unpaired) electrons. The molecule has 1 atom stereocenters. The number of alkyl halides is 3. The quantitative estimate of drug-likeness (QED) is 0.727. The van der Waals surface area contributed by atoms with Crippen molar-refractivity contribution >= 4 is 23.3 Å². The number of carbonyl (C=O) groups excluding carboxylic acids is 2. The zero-order valence-corrected chi connectivity index (χ0v) is 17.1. The Morgan fingerprint density at radius 1 is 1.09 bits per heavy atom. The second-order valence-electron chi connectivity index (χ2n) is 8.10. The van der Waals surface area contributed by atoms with Gasteiger partial charge in [0, 0.05) is 17.9 Å². The Bertz CT molecular complexity index is 1050. The minimum absolute atomic E-state index is 0.192. The van der Waals surface area contributed by atoms with Gasteiger partial charge in [0.1, 0.15) is 6.04 Å². The van der Waals surface area contributed by atoms with E-state index < -0.39 is 29.2 Å². The van der Waals surface area contributed by atoms with Gasteiger partial charge in [0.15, 0.2) is 0 Å². The summed E-state index contributed by atoms with van der Waals surface area (Å²) in [6.07, 6.45) is -1.63. The van der Waals surface area contributed by atoms with Crippen LogP contribution in [0.3, 0.4) is 0 Å². The number of rotatable bonds is 4. The van der Waals surface area contributed by atoms with Crippen molar-refractivity contribution in [2.24, 2.45) is 0 Å². The monoisotopic (exact) mass is 442 g/mol. The van der Waals surface area contributed by atoms with E-state index >= 15 is 0 Å². The molecule has 166 valence electrons. The van der Waals surface area contributed by atoms with E-state index in [0.29, 0.717) is 25.1 Å². The van der Waals surface area contributed by atoms with Crippen LogP contribution < -0.4 is 15.5 Å². The molecule has 2 aliphatic rings. The lowest BCUT2D eigenvalue weighted by atomic mass is 9.97. The van der Waals surface area contributed by atoms with Gasteiger partial charge < -0.3 is 15.5 Å². The van der Waals surface area contributed by atoms with E-state index in [1.807, 2.05) is 24.3 Å². The third kappa shape index (κ3) is 4.40. The van der Waals surface area contributed by atoms with Crippen LogP contribution in [0.4, 0.5) is 29.3 Å². The second kappa shape index (κ2) is 8.19. The van der Waals surface area contributed by atoms with Crippen LogP contribution in [0.15, 0.2) is 48.5 Å². The number of nitrogens with zero attached hydrogens (tertiary/aromatic N) is 2. The predicted octanol–water partition coefficient (Wildman–Crippen LogP) is 4.58. The maximum absolute atomic E-state index is 12.9. The summed E-state index contributed by atoms with van der Waals surface area (Å²) in [4.78, 5) is 26.8. The highest BCUT2D eigenvalue weighted by Crippen LogP contribution is 2.47. The third-order valence-electron chi connectivity index (χ3n) is 5.91. The zero-order chi connectivity index (χ0) is 22.9. The first-order chi connectivity index (χ1) is 15.2. The molecule has 2 fully saturated rings. The first kappa shape index (κ1) is 21.7. The molecule has 1 aliphatic carbocycles. The normalized spacial score (nSPS) is 19.8. The number of hydrogen-bond acceptors (Lipinski definition) is 3. The van der Waals surface area contributed by atoms with Crippen LogP contribution in [0.5, 0.6) is 0 Å². The smallest absolute Gasteiger partial charge is 0.326 e. The van der Waals surface area contributed by atoms with Gasteiger partial charge in [-0.1, -0.05) is 12.1 Å². The molecule has 9 heteroatoms. The molecule has 32 heavy (non-hydrogen) atoms. The van der Waals surface area contributed by atoms with Gasteiger partial charge in [-0.25, -0.2) is 4.79 Å². The summed E-state index contributed by atoms with van der Waals surface area (Å²) in [7, 11) is 0. The van der Waals surface area contributed by atoms with E-state index in [0.717, 1.165) is 42.7 Å². The average Bonchev–Trinajstić information content (AvgIpc) is 3.56. The fourth-order valence-corrected chi connectivity index (χ4v) is 3.88. The summed E-state index contributed by atoms with van der Waals surface area (Å²) >= 11 is 0. The Hall–Kier alpha value is -3.54. The Labute approximate surface area is 183 Å². The van der Waals surface area contributed by atoms with Gasteiger partial charge in [0.25, 0.3) is 0 Å². The number of halogens is 3. The van der Waals surface area contributed by atoms with Crippen LogP contribution in [0.1, 0.15) is 36.8 Å². The van der Waals surface area contributed by atoms with E-state index in [4.69, 9.17) is 0 Å². The summed E-state index contributed by atoms with van der Waals surface area (Å²) in [5.74, 6) is -0.256. The molecule has 1 saturated carbocycles. The molecule has 1 heterocycles. The zero-order valence-electron chi connectivity index (χ0n) is 17.1. The SMILES string of the molecule is N#CC1(c2ccc(N3CCC[C@H](NC(=O)Nc4ccc(C(F)(F)F)cc4)C3=O)cc2)CC1. The highest BCUT2D eigenvalue weighted by molar-refractivity contribution is 6.01. The molecule has 1 aliphatic heterocycles. The molecule has 0 unspecified atom stereocenters. The van der Waals surface area contributed by atoms with Crippen molar-refractivity contribution in [1.29, 1.82) is 5.26 Å². The van der Waals surface area contributed by atoms with Crippen LogP contribution in [0.2, 0.25) is 0 Å². The molecular weight excluding hydrogens is 421 g/mol. The molecular formula is C23H21F3N4O2. The standard InChI is InChI=1S/C23H21F3N4O2/c24-23(25,26)16-3-7-17(8-4-16)28-21(32)29-19-2-1-13-30(20(19)31)18-9-5-15(6-10-18)22(14-27)11-12-22/h3-10,19H,1-2,11-13H2,(H2,28,29,32)/t19-/m0/s1. The van der Waals surface area contributed by atoms with Gasteiger partial charge >= 0.3 is 12.2 Å². The fourth-order valence-electron chi connectivity index (χ4n) is 3.88. The Balaban J connectivity index is 1.38. The van der Waals surface area contributed by atoms with Crippen molar-refractivity contribution in [3.63, 3.8) is 0 Å². The Morgan fingerprint density at radius 3 is 2.31 bits per heavy atom. The molecule has 0 spiro atoms. The summed E-state index contributed by atoms with van der Waals surface area (Å²) in [5.41, 5.74) is 0.624. The van der Waals surface area contributed by atoms with Crippen LogP contribution in [0.25, 0.3) is 0 Å². The number of urea groups is 1. The highest BCUT2D eigenvalue weighted by Gasteiger charge is 2.44. The fraction of sp³-hybridized carbons (Fsp3) is 0.348. The van der Waals surface area contributed by atoms with Crippen molar-refractivity contribution in [3.8, 4) is 6.07 Å². The first-order valence-electron chi connectivity index (χ1n) is 10.3. The topological polar surface area (TPSA) is 85.2 Å². The Morgan fingerprint density at radius 2 is 1.75 bits per heavy atom. The number of hydrogen-bond donors (Lipinski definition) is 2. The number of amides is 3. The number of piperidine rings is 1. The van der Waals surface area contributed by atoms with Gasteiger partial charge in [-0.15, -0.1) is 0 Å². The molecule has 2 N–H and O–H groups in total. The van der Waals surface area contributed by atoms with E-state index in [2.05, 4.69) is 16.7 Å². The largest absolute Gasteiger partial charge is 0.416 e. The molecule has 0 aromatic heterocycles. The molecule has 4 rings (SSSR count). The number of benzene rings is 2. The third-order valence-corrected chi connectivity index (χ3v) is 5.91. The van der Waals surface area contributed by atoms with Gasteiger partial charge in [-0.3, -0.25) is 4.79 Å². The number of nitriles is 1. The summed E-state index contributed by atoms with van der Waals surface area (Å²) in [5, 5.41) is 14.4. The summed E-state index contributed by atoms with van der Waals surface area (Å²) in [6.45, 7) is 0.514. The van der Waals surface area contributed by atoms with Gasteiger partial charge in [-0.2, -0.15) is 18.4 Å². The molecule has 2 aromatic rings. The van der Waals surface area contributed by atoms with Crippen LogP contribution in [-0.4, -0.2) is 24.5 Å². The lowest BCUT2D eigenvalue weighted by Crippen LogP contribution is -2.53. The van der Waals surface area contributed by atoms with Crippen molar-refractivity contribution in [1.82, 2.24) is 5.32 Å².